The zero-order valence-electron chi connectivity index (χ0n) is 15.4. The first-order chi connectivity index (χ1) is 13.7. The zero-order valence-corrected chi connectivity index (χ0v) is 15.4. The van der Waals surface area contributed by atoms with Crippen LogP contribution >= 0.6 is 0 Å². The summed E-state index contributed by atoms with van der Waals surface area (Å²) in [6, 6.07) is 25.1. The number of amides is 1. The lowest BCUT2D eigenvalue weighted by molar-refractivity contribution is 0.0952. The Labute approximate surface area is 163 Å². The van der Waals surface area contributed by atoms with Gasteiger partial charge in [-0.3, -0.25) is 9.59 Å². The maximum atomic E-state index is 12.5. The Bertz CT molecular complexity index is 981. The molecule has 5 heteroatoms. The highest BCUT2D eigenvalue weighted by Gasteiger charge is 2.15. The van der Waals surface area contributed by atoms with Gasteiger partial charge in [0.1, 0.15) is 6.54 Å². The summed E-state index contributed by atoms with van der Waals surface area (Å²) in [6.07, 6.45) is 2.17. The SMILES string of the molecule is N#CCn1cc(C(=O)NCCC(c2ccccc2)c2ccccc2)ccc1=O. The van der Waals surface area contributed by atoms with E-state index < -0.39 is 0 Å². The number of carbonyl (C=O) groups excluding carboxylic acids is 1. The molecule has 0 aliphatic rings. The molecule has 2 aromatic carbocycles. The Morgan fingerprint density at radius 2 is 1.57 bits per heavy atom. The molecule has 5 nitrogen and oxygen atoms in total. The minimum absolute atomic E-state index is 0.0793. The number of nitriles is 1. The molecule has 0 aliphatic heterocycles. The van der Waals surface area contributed by atoms with E-state index in [-0.39, 0.29) is 23.9 Å². The van der Waals surface area contributed by atoms with Crippen LogP contribution in [0.4, 0.5) is 0 Å². The molecular weight excluding hydrogens is 350 g/mol. The number of nitrogens with one attached hydrogen (secondary N) is 1. The number of hydrogen-bond acceptors (Lipinski definition) is 3. The molecule has 0 spiro atoms. The third-order valence-corrected chi connectivity index (χ3v) is 4.61. The lowest BCUT2D eigenvalue weighted by Gasteiger charge is -2.18. The molecule has 3 aromatic rings. The van der Waals surface area contributed by atoms with Gasteiger partial charge in [0.05, 0.1) is 11.6 Å². The monoisotopic (exact) mass is 371 g/mol. The fraction of sp³-hybridized carbons (Fsp3) is 0.174. The normalized spacial score (nSPS) is 10.4. The fourth-order valence-electron chi connectivity index (χ4n) is 3.19. The van der Waals surface area contributed by atoms with Crippen molar-refractivity contribution in [1.29, 1.82) is 5.26 Å². The van der Waals surface area contributed by atoms with Crippen LogP contribution in [0.25, 0.3) is 0 Å². The zero-order chi connectivity index (χ0) is 19.8. The Morgan fingerprint density at radius 1 is 0.964 bits per heavy atom. The van der Waals surface area contributed by atoms with Crippen molar-refractivity contribution in [2.75, 3.05) is 6.54 Å². The maximum absolute atomic E-state index is 12.5. The molecule has 0 saturated heterocycles. The van der Waals surface area contributed by atoms with Gasteiger partial charge >= 0.3 is 0 Å². The van der Waals surface area contributed by atoms with Crippen LogP contribution < -0.4 is 10.9 Å². The van der Waals surface area contributed by atoms with E-state index in [0.29, 0.717) is 12.1 Å². The highest BCUT2D eigenvalue weighted by atomic mass is 16.2. The van der Waals surface area contributed by atoms with Gasteiger partial charge in [0.15, 0.2) is 0 Å². The average Bonchev–Trinajstić information content (AvgIpc) is 2.74. The summed E-state index contributed by atoms with van der Waals surface area (Å²) in [5.41, 5.74) is 2.47. The van der Waals surface area contributed by atoms with E-state index in [0.717, 1.165) is 6.42 Å². The second-order valence-corrected chi connectivity index (χ2v) is 6.46. The van der Waals surface area contributed by atoms with Crippen LogP contribution in [-0.4, -0.2) is 17.0 Å². The first-order valence-electron chi connectivity index (χ1n) is 9.14. The average molecular weight is 371 g/mol. The predicted molar refractivity (Wildman–Crippen MR) is 108 cm³/mol. The maximum Gasteiger partial charge on any atom is 0.252 e. The predicted octanol–water partition coefficient (Wildman–Crippen LogP) is 3.32. The number of benzene rings is 2. The van der Waals surface area contributed by atoms with Crippen LogP contribution in [0.2, 0.25) is 0 Å². The third kappa shape index (κ3) is 4.74. The molecule has 28 heavy (non-hydrogen) atoms. The van der Waals surface area contributed by atoms with Crippen molar-refractivity contribution in [3.05, 3.63) is 106 Å². The molecule has 140 valence electrons. The Balaban J connectivity index is 1.69. The number of carbonyl (C=O) groups is 1. The molecule has 0 fully saturated rings. The Morgan fingerprint density at radius 3 is 2.14 bits per heavy atom. The number of aromatic nitrogens is 1. The third-order valence-electron chi connectivity index (χ3n) is 4.61. The van der Waals surface area contributed by atoms with Crippen LogP contribution in [0, 0.1) is 11.3 Å². The van der Waals surface area contributed by atoms with E-state index in [9.17, 15) is 9.59 Å². The van der Waals surface area contributed by atoms with Crippen LogP contribution in [-0.2, 0) is 6.54 Å². The fourth-order valence-corrected chi connectivity index (χ4v) is 3.19. The number of rotatable bonds is 7. The molecule has 1 heterocycles. The molecule has 0 saturated carbocycles. The lowest BCUT2D eigenvalue weighted by atomic mass is 9.88. The van der Waals surface area contributed by atoms with Gasteiger partial charge in [-0.15, -0.1) is 0 Å². The molecule has 1 aromatic heterocycles. The quantitative estimate of drug-likeness (QED) is 0.692. The van der Waals surface area contributed by atoms with Crippen LogP contribution in [0.3, 0.4) is 0 Å². The number of nitrogens with zero attached hydrogens (tertiary/aromatic N) is 2. The van der Waals surface area contributed by atoms with Crippen LogP contribution in [0.1, 0.15) is 33.8 Å². The van der Waals surface area contributed by atoms with Crippen molar-refractivity contribution < 1.29 is 4.79 Å². The first-order valence-corrected chi connectivity index (χ1v) is 9.14. The second kappa shape index (κ2) is 9.33. The van der Waals surface area contributed by atoms with Gasteiger partial charge in [0.25, 0.3) is 11.5 Å². The minimum atomic E-state index is -0.300. The van der Waals surface area contributed by atoms with E-state index in [1.165, 1.54) is 34.0 Å². The van der Waals surface area contributed by atoms with Crippen molar-refractivity contribution in [1.82, 2.24) is 9.88 Å². The summed E-state index contributed by atoms with van der Waals surface area (Å²) in [5, 5.41) is 11.7. The molecule has 3 rings (SSSR count). The highest BCUT2D eigenvalue weighted by Crippen LogP contribution is 2.27. The van der Waals surface area contributed by atoms with Gasteiger partial charge < -0.3 is 9.88 Å². The van der Waals surface area contributed by atoms with E-state index in [4.69, 9.17) is 5.26 Å². The van der Waals surface area contributed by atoms with Crippen molar-refractivity contribution in [3.8, 4) is 6.07 Å². The summed E-state index contributed by atoms with van der Waals surface area (Å²) >= 11 is 0. The topological polar surface area (TPSA) is 74.9 Å². The van der Waals surface area contributed by atoms with Crippen LogP contribution in [0.15, 0.2) is 83.8 Å². The molecule has 0 aliphatic carbocycles. The molecule has 0 bridgehead atoms. The molecule has 0 radical (unpaired) electrons. The lowest BCUT2D eigenvalue weighted by Crippen LogP contribution is -2.28. The highest BCUT2D eigenvalue weighted by molar-refractivity contribution is 5.93. The van der Waals surface area contributed by atoms with Crippen molar-refractivity contribution in [2.24, 2.45) is 0 Å². The Kier molecular flexibility index (Phi) is 6.37. The van der Waals surface area contributed by atoms with Gasteiger partial charge in [-0.25, -0.2) is 0 Å². The molecule has 1 amide bonds. The summed E-state index contributed by atoms with van der Waals surface area (Å²) in [4.78, 5) is 24.1. The van der Waals surface area contributed by atoms with Gasteiger partial charge in [0, 0.05) is 24.7 Å². The van der Waals surface area contributed by atoms with Gasteiger partial charge in [-0.05, 0) is 23.6 Å². The van der Waals surface area contributed by atoms with E-state index >= 15 is 0 Å². The summed E-state index contributed by atoms with van der Waals surface area (Å²) < 4.78 is 1.23. The van der Waals surface area contributed by atoms with Crippen molar-refractivity contribution in [3.63, 3.8) is 0 Å². The molecular formula is C23H21N3O2. The Hall–Kier alpha value is -3.65. The smallest absolute Gasteiger partial charge is 0.252 e. The van der Waals surface area contributed by atoms with E-state index in [2.05, 4.69) is 29.6 Å². The summed E-state index contributed by atoms with van der Waals surface area (Å²) in [7, 11) is 0. The van der Waals surface area contributed by atoms with Crippen LogP contribution in [0.5, 0.6) is 0 Å². The number of pyridine rings is 1. The number of hydrogen-bond donors (Lipinski definition) is 1. The van der Waals surface area contributed by atoms with Crippen molar-refractivity contribution in [2.45, 2.75) is 18.9 Å². The van der Waals surface area contributed by atoms with Gasteiger partial charge in [-0.1, -0.05) is 60.7 Å². The van der Waals surface area contributed by atoms with E-state index in [1.807, 2.05) is 42.5 Å². The molecule has 0 atom stereocenters. The largest absolute Gasteiger partial charge is 0.352 e. The standard InChI is InChI=1S/C23H21N3O2/c24-14-16-26-17-20(11-12-22(26)27)23(28)25-15-13-21(18-7-3-1-4-8-18)19-9-5-2-6-10-19/h1-12,17,21H,13,15-16H2,(H,25,28). The van der Waals surface area contributed by atoms with Gasteiger partial charge in [0.2, 0.25) is 0 Å². The molecule has 1 N–H and O–H groups in total. The molecule has 0 unspecified atom stereocenters. The van der Waals surface area contributed by atoms with Crippen molar-refractivity contribution >= 4 is 5.91 Å². The summed E-state index contributed by atoms with van der Waals surface area (Å²) in [6.45, 7) is 0.411. The first kappa shape index (κ1) is 19.1. The second-order valence-electron chi connectivity index (χ2n) is 6.46. The minimum Gasteiger partial charge on any atom is -0.352 e. The summed E-state index contributed by atoms with van der Waals surface area (Å²) in [5.74, 6) is -0.0817. The van der Waals surface area contributed by atoms with Gasteiger partial charge in [-0.2, -0.15) is 5.26 Å². The van der Waals surface area contributed by atoms with E-state index in [1.54, 1.807) is 0 Å².